The first kappa shape index (κ1) is 9.67. The highest BCUT2D eigenvalue weighted by Crippen LogP contribution is 2.29. The third-order valence-electron chi connectivity index (χ3n) is 3.55. The first-order valence-corrected chi connectivity index (χ1v) is 6.13. The molecular formula is C18H11. The van der Waals surface area contributed by atoms with Crippen LogP contribution < -0.4 is 0 Å². The van der Waals surface area contributed by atoms with E-state index in [2.05, 4.69) is 60.7 Å². The number of fused-ring (bicyclic) bond motifs is 4. The molecule has 0 aliphatic carbocycles. The summed E-state index contributed by atoms with van der Waals surface area (Å²) in [5.74, 6) is 0. The van der Waals surface area contributed by atoms with Crippen molar-refractivity contribution in [2.75, 3.05) is 0 Å². The van der Waals surface area contributed by atoms with Gasteiger partial charge in [0.05, 0.1) is 0 Å². The predicted molar refractivity (Wildman–Crippen MR) is 77.8 cm³/mol. The van der Waals surface area contributed by atoms with Crippen molar-refractivity contribution in [3.63, 3.8) is 0 Å². The predicted octanol–water partition coefficient (Wildman–Crippen LogP) is 4.95. The van der Waals surface area contributed by atoms with Gasteiger partial charge in [-0.05, 0) is 56.6 Å². The van der Waals surface area contributed by atoms with E-state index in [0.717, 1.165) is 0 Å². The van der Waals surface area contributed by atoms with Crippen LogP contribution in [-0.2, 0) is 0 Å². The fraction of sp³-hybridized carbons (Fsp3) is 0. The van der Waals surface area contributed by atoms with Gasteiger partial charge in [-0.15, -0.1) is 0 Å². The molecule has 1 radical (unpaired) electrons. The van der Waals surface area contributed by atoms with Crippen molar-refractivity contribution in [2.45, 2.75) is 0 Å². The molecule has 0 fully saturated rings. The second-order valence-corrected chi connectivity index (χ2v) is 4.63. The van der Waals surface area contributed by atoms with Crippen molar-refractivity contribution in [3.05, 3.63) is 72.8 Å². The highest BCUT2D eigenvalue weighted by atomic mass is 14.1. The Hall–Kier alpha value is -2.34. The van der Waals surface area contributed by atoms with Crippen molar-refractivity contribution < 1.29 is 0 Å². The van der Waals surface area contributed by atoms with Gasteiger partial charge in [0.15, 0.2) is 0 Å². The zero-order valence-corrected chi connectivity index (χ0v) is 9.85. The van der Waals surface area contributed by atoms with Crippen molar-refractivity contribution in [1.82, 2.24) is 0 Å². The lowest BCUT2D eigenvalue weighted by Gasteiger charge is -2.06. The van der Waals surface area contributed by atoms with E-state index in [9.17, 15) is 0 Å². The molecule has 0 N–H and O–H groups in total. The normalized spacial score (nSPS) is 11.3. The van der Waals surface area contributed by atoms with Crippen LogP contribution in [0.2, 0.25) is 0 Å². The van der Waals surface area contributed by atoms with Gasteiger partial charge in [-0.25, -0.2) is 0 Å². The lowest BCUT2D eigenvalue weighted by atomic mass is 9.98. The first-order chi connectivity index (χ1) is 8.92. The van der Waals surface area contributed by atoms with Crippen LogP contribution in [0.3, 0.4) is 0 Å². The van der Waals surface area contributed by atoms with E-state index in [4.69, 9.17) is 0 Å². The Morgan fingerprint density at radius 2 is 1.50 bits per heavy atom. The van der Waals surface area contributed by atoms with Gasteiger partial charge < -0.3 is 0 Å². The highest BCUT2D eigenvalue weighted by molar-refractivity contribution is 6.11. The summed E-state index contributed by atoms with van der Waals surface area (Å²) >= 11 is 0. The molecule has 0 spiro atoms. The van der Waals surface area contributed by atoms with Gasteiger partial charge in [0.1, 0.15) is 0 Å². The summed E-state index contributed by atoms with van der Waals surface area (Å²) < 4.78 is 0. The number of hydrogen-bond donors (Lipinski definition) is 0. The van der Waals surface area contributed by atoms with Crippen molar-refractivity contribution in [2.24, 2.45) is 0 Å². The Morgan fingerprint density at radius 1 is 0.611 bits per heavy atom. The zero-order chi connectivity index (χ0) is 11.9. The molecule has 0 nitrogen and oxygen atoms in total. The second-order valence-electron chi connectivity index (χ2n) is 4.63. The minimum absolute atomic E-state index is 1.25. The van der Waals surface area contributed by atoms with E-state index < -0.39 is 0 Å². The molecule has 0 heteroatoms. The van der Waals surface area contributed by atoms with Crippen molar-refractivity contribution in [1.29, 1.82) is 0 Å². The fourth-order valence-electron chi connectivity index (χ4n) is 2.63. The third-order valence-corrected chi connectivity index (χ3v) is 3.55. The van der Waals surface area contributed by atoms with E-state index in [1.165, 1.54) is 32.3 Å². The maximum absolute atomic E-state index is 3.14. The van der Waals surface area contributed by atoms with Crippen LogP contribution in [0.25, 0.3) is 32.3 Å². The van der Waals surface area contributed by atoms with Crippen LogP contribution in [0.1, 0.15) is 0 Å². The van der Waals surface area contributed by atoms with Gasteiger partial charge in [-0.1, -0.05) is 48.5 Å². The fourth-order valence-corrected chi connectivity index (χ4v) is 2.63. The molecule has 4 rings (SSSR count). The Bertz CT molecular complexity index is 866. The van der Waals surface area contributed by atoms with Crippen LogP contribution in [0.15, 0.2) is 66.7 Å². The van der Waals surface area contributed by atoms with E-state index >= 15 is 0 Å². The van der Waals surface area contributed by atoms with Crippen LogP contribution in [0, 0.1) is 6.07 Å². The van der Waals surface area contributed by atoms with Crippen LogP contribution in [0.5, 0.6) is 0 Å². The molecule has 0 bridgehead atoms. The van der Waals surface area contributed by atoms with E-state index in [1.807, 2.05) is 12.1 Å². The number of hydrogen-bond acceptors (Lipinski definition) is 0. The van der Waals surface area contributed by atoms with Crippen molar-refractivity contribution in [3.8, 4) is 0 Å². The first-order valence-electron chi connectivity index (χ1n) is 6.13. The molecule has 0 heterocycles. The van der Waals surface area contributed by atoms with E-state index in [-0.39, 0.29) is 0 Å². The van der Waals surface area contributed by atoms with Crippen molar-refractivity contribution >= 4 is 32.3 Å². The van der Waals surface area contributed by atoms with Gasteiger partial charge in [0, 0.05) is 0 Å². The lowest BCUT2D eigenvalue weighted by molar-refractivity contribution is 1.76. The molecule has 0 saturated carbocycles. The number of rotatable bonds is 0. The Morgan fingerprint density at radius 3 is 2.50 bits per heavy atom. The molecule has 18 heavy (non-hydrogen) atoms. The zero-order valence-electron chi connectivity index (χ0n) is 9.85. The summed E-state index contributed by atoms with van der Waals surface area (Å²) in [6.45, 7) is 0. The smallest absolute Gasteiger partial charge is 0.00990 e. The summed E-state index contributed by atoms with van der Waals surface area (Å²) in [6.07, 6.45) is 0. The number of benzene rings is 4. The maximum atomic E-state index is 3.14. The molecule has 0 saturated heterocycles. The van der Waals surface area contributed by atoms with Gasteiger partial charge in [0.25, 0.3) is 0 Å². The summed E-state index contributed by atoms with van der Waals surface area (Å²) in [4.78, 5) is 0. The summed E-state index contributed by atoms with van der Waals surface area (Å²) in [6, 6.07) is 26.7. The molecule has 4 aromatic carbocycles. The standard InChI is InChI=1S/C18H11/c1-2-7-15-12-18-16(11-14(15)6-1)10-9-13-5-3-4-8-17(13)18/h2-12H. The van der Waals surface area contributed by atoms with E-state index in [1.54, 1.807) is 0 Å². The monoisotopic (exact) mass is 227 g/mol. The van der Waals surface area contributed by atoms with Crippen LogP contribution in [0.4, 0.5) is 0 Å². The minimum atomic E-state index is 1.25. The molecule has 0 amide bonds. The van der Waals surface area contributed by atoms with Gasteiger partial charge >= 0.3 is 0 Å². The molecule has 0 aromatic heterocycles. The average molecular weight is 227 g/mol. The minimum Gasteiger partial charge on any atom is -0.0616 e. The molecule has 0 aliphatic heterocycles. The third kappa shape index (κ3) is 1.32. The lowest BCUT2D eigenvalue weighted by Crippen LogP contribution is -1.79. The maximum Gasteiger partial charge on any atom is -0.00990 e. The summed E-state index contributed by atoms with van der Waals surface area (Å²) in [7, 11) is 0. The van der Waals surface area contributed by atoms with Crippen LogP contribution >= 0.6 is 0 Å². The Balaban J connectivity index is 2.27. The van der Waals surface area contributed by atoms with Gasteiger partial charge in [0.2, 0.25) is 0 Å². The van der Waals surface area contributed by atoms with Gasteiger partial charge in [-0.2, -0.15) is 0 Å². The topological polar surface area (TPSA) is 0 Å². The van der Waals surface area contributed by atoms with E-state index in [0.29, 0.717) is 0 Å². The molecule has 4 aromatic rings. The average Bonchev–Trinajstić information content (AvgIpc) is 2.45. The molecule has 0 aliphatic rings. The SMILES string of the molecule is [c]1ccc2cc3c(ccc4ccccc43)cc2c1. The second kappa shape index (κ2) is 3.58. The Labute approximate surface area is 105 Å². The quantitative estimate of drug-likeness (QED) is 0.294. The Kier molecular flexibility index (Phi) is 1.92. The summed E-state index contributed by atoms with van der Waals surface area (Å²) in [5.41, 5.74) is 0. The molecular weight excluding hydrogens is 216 g/mol. The largest absolute Gasteiger partial charge is 0.0616 e. The molecule has 0 atom stereocenters. The van der Waals surface area contributed by atoms with Crippen LogP contribution in [-0.4, -0.2) is 0 Å². The van der Waals surface area contributed by atoms with Gasteiger partial charge in [-0.3, -0.25) is 0 Å². The molecule has 0 unspecified atom stereocenters. The molecule has 83 valence electrons. The highest BCUT2D eigenvalue weighted by Gasteiger charge is 2.01. The summed E-state index contributed by atoms with van der Waals surface area (Å²) in [5, 5.41) is 7.77.